The molecule has 6 heteroatoms. The second-order valence-corrected chi connectivity index (χ2v) is 6.51. The van der Waals surface area contributed by atoms with Gasteiger partial charge in [0.2, 0.25) is 5.91 Å². The third-order valence-corrected chi connectivity index (χ3v) is 4.96. The zero-order valence-electron chi connectivity index (χ0n) is 12.2. The molecule has 1 aliphatic rings. The highest BCUT2D eigenvalue weighted by atomic mass is 35.5. The van der Waals surface area contributed by atoms with E-state index in [1.807, 2.05) is 11.0 Å². The van der Waals surface area contributed by atoms with Gasteiger partial charge in [-0.3, -0.25) is 9.78 Å². The Morgan fingerprint density at radius 2 is 2.09 bits per heavy atom. The van der Waals surface area contributed by atoms with E-state index in [2.05, 4.69) is 26.7 Å². The van der Waals surface area contributed by atoms with Crippen molar-refractivity contribution < 1.29 is 4.79 Å². The molecule has 0 aliphatic carbocycles. The van der Waals surface area contributed by atoms with Crippen LogP contribution in [-0.2, 0) is 11.2 Å². The number of amides is 1. The molecule has 0 bridgehead atoms. The van der Waals surface area contributed by atoms with Crippen LogP contribution in [0.4, 0.5) is 5.69 Å². The zero-order valence-corrected chi connectivity index (χ0v) is 13.8. The molecule has 4 nitrogen and oxygen atoms in total. The monoisotopic (exact) mass is 335 g/mol. The van der Waals surface area contributed by atoms with Crippen LogP contribution in [0.1, 0.15) is 12.0 Å². The highest BCUT2D eigenvalue weighted by Crippen LogP contribution is 2.25. The Balaban J connectivity index is 1.51. The highest BCUT2D eigenvalue weighted by molar-refractivity contribution is 7.07. The number of halogens is 1. The number of carbonyl (C=O) groups is 1. The van der Waals surface area contributed by atoms with Crippen molar-refractivity contribution in [3.63, 3.8) is 0 Å². The van der Waals surface area contributed by atoms with Crippen molar-refractivity contribution in [2.45, 2.75) is 12.8 Å². The second-order valence-electron chi connectivity index (χ2n) is 5.33. The number of carbonyl (C=O) groups excluding carboxylic acids is 1. The van der Waals surface area contributed by atoms with Gasteiger partial charge in [-0.2, -0.15) is 11.3 Å². The standard InChI is InChI=1S/C16H18ClN3OS/c17-14-11-18-5-3-15(14)19-6-8-20(9-7-19)16(21)2-1-13-4-10-22-12-13/h3-5,10-12H,1-2,6-9H2. The van der Waals surface area contributed by atoms with Crippen molar-refractivity contribution in [1.82, 2.24) is 9.88 Å². The highest BCUT2D eigenvalue weighted by Gasteiger charge is 2.22. The van der Waals surface area contributed by atoms with Crippen LogP contribution in [0, 0.1) is 0 Å². The van der Waals surface area contributed by atoms with E-state index >= 15 is 0 Å². The van der Waals surface area contributed by atoms with Gasteiger partial charge in [0.1, 0.15) is 0 Å². The molecule has 22 heavy (non-hydrogen) atoms. The van der Waals surface area contributed by atoms with Crippen molar-refractivity contribution in [3.05, 3.63) is 45.9 Å². The minimum absolute atomic E-state index is 0.242. The minimum Gasteiger partial charge on any atom is -0.367 e. The number of hydrogen-bond acceptors (Lipinski definition) is 4. The van der Waals surface area contributed by atoms with Crippen molar-refractivity contribution in [2.75, 3.05) is 31.1 Å². The van der Waals surface area contributed by atoms with Gasteiger partial charge in [-0.15, -0.1) is 0 Å². The van der Waals surface area contributed by atoms with E-state index in [1.165, 1.54) is 5.56 Å². The maximum atomic E-state index is 12.3. The quantitative estimate of drug-likeness (QED) is 0.861. The van der Waals surface area contributed by atoms with Crippen molar-refractivity contribution >= 4 is 34.5 Å². The molecule has 0 spiro atoms. The zero-order chi connectivity index (χ0) is 15.4. The van der Waals surface area contributed by atoms with Gasteiger partial charge in [0.15, 0.2) is 0 Å². The van der Waals surface area contributed by atoms with Crippen molar-refractivity contribution in [2.24, 2.45) is 0 Å². The molecule has 3 heterocycles. The number of hydrogen-bond donors (Lipinski definition) is 0. The van der Waals surface area contributed by atoms with Crippen LogP contribution in [0.2, 0.25) is 5.02 Å². The Morgan fingerprint density at radius 1 is 1.27 bits per heavy atom. The van der Waals surface area contributed by atoms with Crippen LogP contribution in [0.3, 0.4) is 0 Å². The summed E-state index contributed by atoms with van der Waals surface area (Å²) < 4.78 is 0. The van der Waals surface area contributed by atoms with E-state index in [4.69, 9.17) is 11.6 Å². The molecular weight excluding hydrogens is 318 g/mol. The Hall–Kier alpha value is -1.59. The molecule has 1 aliphatic heterocycles. The molecular formula is C16H18ClN3OS. The van der Waals surface area contributed by atoms with Crippen molar-refractivity contribution in [1.29, 1.82) is 0 Å². The Labute approximate surface area is 139 Å². The Bertz CT molecular complexity index is 624. The SMILES string of the molecule is O=C(CCc1ccsc1)N1CCN(c2ccncc2Cl)CC1. The first-order valence-electron chi connectivity index (χ1n) is 7.37. The molecule has 0 radical (unpaired) electrons. The first kappa shape index (κ1) is 15.3. The van der Waals surface area contributed by atoms with E-state index in [0.29, 0.717) is 11.4 Å². The summed E-state index contributed by atoms with van der Waals surface area (Å²) in [5, 5.41) is 4.83. The van der Waals surface area contributed by atoms with Crippen LogP contribution in [-0.4, -0.2) is 42.0 Å². The van der Waals surface area contributed by atoms with E-state index in [0.717, 1.165) is 38.3 Å². The molecule has 0 saturated carbocycles. The topological polar surface area (TPSA) is 36.4 Å². The molecule has 0 aromatic carbocycles. The third kappa shape index (κ3) is 3.59. The lowest BCUT2D eigenvalue weighted by molar-refractivity contribution is -0.131. The summed E-state index contributed by atoms with van der Waals surface area (Å²) in [7, 11) is 0. The van der Waals surface area contributed by atoms with E-state index in [1.54, 1.807) is 23.7 Å². The van der Waals surface area contributed by atoms with Crippen LogP contribution in [0.25, 0.3) is 0 Å². The largest absolute Gasteiger partial charge is 0.367 e. The van der Waals surface area contributed by atoms with Crippen LogP contribution < -0.4 is 4.90 Å². The predicted molar refractivity (Wildman–Crippen MR) is 90.7 cm³/mol. The smallest absolute Gasteiger partial charge is 0.223 e. The van der Waals surface area contributed by atoms with Gasteiger partial charge < -0.3 is 9.80 Å². The maximum Gasteiger partial charge on any atom is 0.223 e. The molecule has 1 fully saturated rings. The van der Waals surface area contributed by atoms with Gasteiger partial charge in [-0.1, -0.05) is 11.6 Å². The lowest BCUT2D eigenvalue weighted by Crippen LogP contribution is -2.49. The van der Waals surface area contributed by atoms with E-state index < -0.39 is 0 Å². The average Bonchev–Trinajstić information content (AvgIpc) is 3.07. The van der Waals surface area contributed by atoms with E-state index in [-0.39, 0.29) is 5.91 Å². The number of aromatic nitrogens is 1. The molecule has 2 aromatic rings. The summed E-state index contributed by atoms with van der Waals surface area (Å²) in [4.78, 5) is 20.5. The molecule has 0 N–H and O–H groups in total. The summed E-state index contributed by atoms with van der Waals surface area (Å²) in [6, 6.07) is 4.01. The lowest BCUT2D eigenvalue weighted by Gasteiger charge is -2.36. The first-order valence-corrected chi connectivity index (χ1v) is 8.69. The van der Waals surface area contributed by atoms with Crippen LogP contribution in [0.15, 0.2) is 35.3 Å². The predicted octanol–water partition coefficient (Wildman–Crippen LogP) is 3.08. The molecule has 1 saturated heterocycles. The molecule has 0 unspecified atom stereocenters. The van der Waals surface area contributed by atoms with Crippen LogP contribution in [0.5, 0.6) is 0 Å². The number of pyridine rings is 1. The normalized spacial score (nSPS) is 15.1. The number of rotatable bonds is 4. The summed E-state index contributed by atoms with van der Waals surface area (Å²) >= 11 is 7.86. The van der Waals surface area contributed by atoms with Crippen LogP contribution >= 0.6 is 22.9 Å². The fourth-order valence-electron chi connectivity index (χ4n) is 2.67. The molecule has 1 amide bonds. The molecule has 3 rings (SSSR count). The Kier molecular flexibility index (Phi) is 4.95. The number of nitrogens with zero attached hydrogens (tertiary/aromatic N) is 3. The molecule has 0 atom stereocenters. The summed E-state index contributed by atoms with van der Waals surface area (Å²) in [5.74, 6) is 0.242. The number of aryl methyl sites for hydroxylation is 1. The maximum absolute atomic E-state index is 12.3. The summed E-state index contributed by atoms with van der Waals surface area (Å²) in [6.07, 6.45) is 4.83. The van der Waals surface area contributed by atoms with Gasteiger partial charge in [0.25, 0.3) is 0 Å². The first-order chi connectivity index (χ1) is 10.7. The van der Waals surface area contributed by atoms with Gasteiger partial charge in [-0.05, 0) is 34.9 Å². The average molecular weight is 336 g/mol. The van der Waals surface area contributed by atoms with Gasteiger partial charge >= 0.3 is 0 Å². The third-order valence-electron chi connectivity index (χ3n) is 3.93. The fraction of sp³-hybridized carbons (Fsp3) is 0.375. The van der Waals surface area contributed by atoms with Gasteiger partial charge in [0, 0.05) is 45.0 Å². The van der Waals surface area contributed by atoms with Gasteiger partial charge in [0.05, 0.1) is 10.7 Å². The van der Waals surface area contributed by atoms with Crippen molar-refractivity contribution in [3.8, 4) is 0 Å². The fourth-order valence-corrected chi connectivity index (χ4v) is 3.61. The number of thiophene rings is 1. The second kappa shape index (κ2) is 7.11. The Morgan fingerprint density at radius 3 is 2.77 bits per heavy atom. The molecule has 116 valence electrons. The minimum atomic E-state index is 0.242. The molecule has 2 aromatic heterocycles. The lowest BCUT2D eigenvalue weighted by atomic mass is 10.1. The van der Waals surface area contributed by atoms with Gasteiger partial charge in [-0.25, -0.2) is 0 Å². The summed E-state index contributed by atoms with van der Waals surface area (Å²) in [6.45, 7) is 3.13. The number of piperazine rings is 1. The summed E-state index contributed by atoms with van der Waals surface area (Å²) in [5.41, 5.74) is 2.25. The van der Waals surface area contributed by atoms with E-state index in [9.17, 15) is 4.79 Å². The number of anilines is 1.